The first-order valence-corrected chi connectivity index (χ1v) is 5.96. The van der Waals surface area contributed by atoms with Crippen LogP contribution in [0.1, 0.15) is 33.6 Å². The third-order valence-corrected chi connectivity index (χ3v) is 3.87. The van der Waals surface area contributed by atoms with Crippen LogP contribution in [0.3, 0.4) is 0 Å². The van der Waals surface area contributed by atoms with Crippen molar-refractivity contribution < 1.29 is 5.11 Å². The molecule has 0 spiro atoms. The Kier molecular flexibility index (Phi) is 3.49. The maximum atomic E-state index is 10.3. The van der Waals surface area contributed by atoms with E-state index in [1.807, 2.05) is 12.2 Å². The summed E-state index contributed by atoms with van der Waals surface area (Å²) in [5.41, 5.74) is -0.667. The first kappa shape index (κ1) is 11.9. The Bertz CT molecular complexity index is 239. The molecular weight excluding hydrogens is 192 g/mol. The van der Waals surface area contributed by atoms with Crippen molar-refractivity contribution in [3.63, 3.8) is 0 Å². The van der Waals surface area contributed by atoms with Gasteiger partial charge in [0.05, 0.1) is 10.9 Å². The lowest BCUT2D eigenvalue weighted by molar-refractivity contribution is 0.0993. The third-order valence-electron chi connectivity index (χ3n) is 2.31. The van der Waals surface area contributed by atoms with E-state index in [1.165, 1.54) is 0 Å². The summed E-state index contributed by atoms with van der Waals surface area (Å²) in [5, 5.41) is 10.4. The van der Waals surface area contributed by atoms with Crippen LogP contribution in [0.4, 0.5) is 0 Å². The molecule has 0 amide bonds. The van der Waals surface area contributed by atoms with Gasteiger partial charge in [0.25, 0.3) is 0 Å². The maximum Gasteiger partial charge on any atom is 0.0983 e. The lowest BCUT2D eigenvalue weighted by atomic mass is 9.99. The SMILES string of the molecule is C=CC(SC(C)(C)C)C1(O)C=CCC1. The molecule has 1 N–H and O–H groups in total. The van der Waals surface area contributed by atoms with Gasteiger partial charge in [-0.1, -0.05) is 39.0 Å². The Balaban J connectivity index is 2.71. The van der Waals surface area contributed by atoms with E-state index in [4.69, 9.17) is 0 Å². The Morgan fingerprint density at radius 3 is 2.57 bits per heavy atom. The molecule has 0 aromatic carbocycles. The molecule has 1 aliphatic carbocycles. The van der Waals surface area contributed by atoms with Crippen LogP contribution >= 0.6 is 11.8 Å². The summed E-state index contributed by atoms with van der Waals surface area (Å²) in [7, 11) is 0. The summed E-state index contributed by atoms with van der Waals surface area (Å²) in [4.78, 5) is 0. The number of hydrogen-bond donors (Lipinski definition) is 1. The van der Waals surface area contributed by atoms with E-state index in [1.54, 1.807) is 11.8 Å². The fourth-order valence-electron chi connectivity index (χ4n) is 1.66. The molecular formula is C12H20OS. The van der Waals surface area contributed by atoms with Crippen LogP contribution in [0.5, 0.6) is 0 Å². The van der Waals surface area contributed by atoms with E-state index in [9.17, 15) is 5.11 Å². The summed E-state index contributed by atoms with van der Waals surface area (Å²) in [6.07, 6.45) is 7.65. The zero-order chi connectivity index (χ0) is 10.8. The topological polar surface area (TPSA) is 20.2 Å². The predicted molar refractivity (Wildman–Crippen MR) is 64.7 cm³/mol. The minimum absolute atomic E-state index is 0.0984. The molecule has 80 valence electrons. The van der Waals surface area contributed by atoms with E-state index in [0.717, 1.165) is 12.8 Å². The van der Waals surface area contributed by atoms with Crippen molar-refractivity contribution in [2.45, 2.75) is 49.2 Å². The summed E-state index contributed by atoms with van der Waals surface area (Å²) < 4.78 is 0.158. The first-order chi connectivity index (χ1) is 6.37. The van der Waals surface area contributed by atoms with Crippen LogP contribution in [-0.2, 0) is 0 Å². The normalized spacial score (nSPS) is 29.1. The lowest BCUT2D eigenvalue weighted by Gasteiger charge is -2.33. The fraction of sp³-hybridized carbons (Fsp3) is 0.667. The highest BCUT2D eigenvalue weighted by Crippen LogP contribution is 2.39. The number of aliphatic hydroxyl groups is 1. The van der Waals surface area contributed by atoms with Gasteiger partial charge in [-0.25, -0.2) is 0 Å². The molecule has 1 nitrogen and oxygen atoms in total. The monoisotopic (exact) mass is 212 g/mol. The molecule has 1 aliphatic rings. The van der Waals surface area contributed by atoms with Gasteiger partial charge in [0.1, 0.15) is 0 Å². The van der Waals surface area contributed by atoms with Crippen molar-refractivity contribution >= 4 is 11.8 Å². The highest BCUT2D eigenvalue weighted by molar-refractivity contribution is 8.01. The molecule has 2 unspecified atom stereocenters. The van der Waals surface area contributed by atoms with Crippen molar-refractivity contribution in [3.8, 4) is 0 Å². The zero-order valence-electron chi connectivity index (χ0n) is 9.29. The summed E-state index contributed by atoms with van der Waals surface area (Å²) in [6.45, 7) is 10.3. The molecule has 2 heteroatoms. The second-order valence-corrected chi connectivity index (χ2v) is 6.79. The van der Waals surface area contributed by atoms with E-state index < -0.39 is 5.60 Å². The molecule has 14 heavy (non-hydrogen) atoms. The molecule has 0 saturated heterocycles. The van der Waals surface area contributed by atoms with Gasteiger partial charge >= 0.3 is 0 Å². The van der Waals surface area contributed by atoms with Crippen molar-refractivity contribution in [2.24, 2.45) is 0 Å². The molecule has 0 aromatic heterocycles. The van der Waals surface area contributed by atoms with Gasteiger partial charge in [0, 0.05) is 4.75 Å². The van der Waals surface area contributed by atoms with Crippen LogP contribution in [0.25, 0.3) is 0 Å². The van der Waals surface area contributed by atoms with Gasteiger partial charge in [-0.2, -0.15) is 0 Å². The average molecular weight is 212 g/mol. The Hall–Kier alpha value is -0.210. The van der Waals surface area contributed by atoms with Crippen molar-refractivity contribution in [2.75, 3.05) is 0 Å². The molecule has 0 fully saturated rings. The minimum atomic E-state index is -0.667. The number of allylic oxidation sites excluding steroid dienone is 1. The first-order valence-electron chi connectivity index (χ1n) is 5.08. The number of rotatable bonds is 3. The lowest BCUT2D eigenvalue weighted by Crippen LogP contribution is -2.37. The summed E-state index contributed by atoms with van der Waals surface area (Å²) in [5.74, 6) is 0. The van der Waals surface area contributed by atoms with E-state index >= 15 is 0 Å². The van der Waals surface area contributed by atoms with Gasteiger partial charge < -0.3 is 5.11 Å². The molecule has 2 atom stereocenters. The highest BCUT2D eigenvalue weighted by Gasteiger charge is 2.36. The molecule has 0 heterocycles. The number of hydrogen-bond acceptors (Lipinski definition) is 2. The molecule has 0 aromatic rings. The highest BCUT2D eigenvalue weighted by atomic mass is 32.2. The predicted octanol–water partition coefficient (Wildman–Crippen LogP) is 3.15. The zero-order valence-corrected chi connectivity index (χ0v) is 10.1. The molecule has 0 aliphatic heterocycles. The van der Waals surface area contributed by atoms with Crippen molar-refractivity contribution in [3.05, 3.63) is 24.8 Å². The average Bonchev–Trinajstić information content (AvgIpc) is 2.47. The summed E-state index contributed by atoms with van der Waals surface area (Å²) >= 11 is 1.78. The second-order valence-electron chi connectivity index (χ2n) is 4.82. The van der Waals surface area contributed by atoms with Crippen LogP contribution in [0.15, 0.2) is 24.8 Å². The number of thioether (sulfide) groups is 1. The Morgan fingerprint density at radius 1 is 1.57 bits per heavy atom. The van der Waals surface area contributed by atoms with Gasteiger partial charge in [-0.15, -0.1) is 18.3 Å². The Morgan fingerprint density at radius 2 is 2.21 bits per heavy atom. The van der Waals surface area contributed by atoms with Crippen LogP contribution < -0.4 is 0 Å². The van der Waals surface area contributed by atoms with E-state index in [2.05, 4.69) is 33.4 Å². The van der Waals surface area contributed by atoms with Gasteiger partial charge in [-0.3, -0.25) is 0 Å². The quantitative estimate of drug-likeness (QED) is 0.725. The van der Waals surface area contributed by atoms with E-state index in [0.29, 0.717) is 0 Å². The third kappa shape index (κ3) is 2.89. The van der Waals surface area contributed by atoms with Gasteiger partial charge in [0.2, 0.25) is 0 Å². The minimum Gasteiger partial charge on any atom is -0.384 e. The Labute approximate surface area is 91.3 Å². The van der Waals surface area contributed by atoms with Crippen LogP contribution in [-0.4, -0.2) is 20.7 Å². The second kappa shape index (κ2) is 4.11. The molecule has 0 bridgehead atoms. The maximum absolute atomic E-state index is 10.3. The van der Waals surface area contributed by atoms with E-state index in [-0.39, 0.29) is 10.00 Å². The standard InChI is InChI=1S/C12H20OS/c1-5-10(14-11(2,3)4)12(13)8-6-7-9-12/h5-6,8,10,13H,1,7,9H2,2-4H3. The van der Waals surface area contributed by atoms with Crippen LogP contribution in [0, 0.1) is 0 Å². The molecule has 0 radical (unpaired) electrons. The molecule has 1 rings (SSSR count). The summed E-state index contributed by atoms with van der Waals surface area (Å²) in [6, 6.07) is 0. The van der Waals surface area contributed by atoms with Gasteiger partial charge in [-0.05, 0) is 12.8 Å². The van der Waals surface area contributed by atoms with Crippen LogP contribution in [0.2, 0.25) is 0 Å². The van der Waals surface area contributed by atoms with Gasteiger partial charge in [0.15, 0.2) is 0 Å². The van der Waals surface area contributed by atoms with Crippen molar-refractivity contribution in [1.82, 2.24) is 0 Å². The molecule has 0 saturated carbocycles. The smallest absolute Gasteiger partial charge is 0.0983 e. The van der Waals surface area contributed by atoms with Crippen molar-refractivity contribution in [1.29, 1.82) is 0 Å². The largest absolute Gasteiger partial charge is 0.384 e. The fourth-order valence-corrected chi connectivity index (χ4v) is 2.92.